The summed E-state index contributed by atoms with van der Waals surface area (Å²) in [7, 11) is 0. The maximum atomic E-state index is 6.05. The van der Waals surface area contributed by atoms with Crippen LogP contribution < -0.4 is 10.6 Å². The largest absolute Gasteiger partial charge is 0.368 e. The zero-order chi connectivity index (χ0) is 14.0. The molecule has 1 saturated heterocycles. The van der Waals surface area contributed by atoms with Crippen LogP contribution in [-0.2, 0) is 6.42 Å². The van der Waals surface area contributed by atoms with Gasteiger partial charge in [-0.1, -0.05) is 26.0 Å². The summed E-state index contributed by atoms with van der Waals surface area (Å²) >= 11 is 0. The van der Waals surface area contributed by atoms with E-state index in [9.17, 15) is 0 Å². The molecule has 1 fully saturated rings. The van der Waals surface area contributed by atoms with Crippen molar-refractivity contribution in [3.05, 3.63) is 29.3 Å². The van der Waals surface area contributed by atoms with Gasteiger partial charge >= 0.3 is 0 Å². The predicted molar refractivity (Wildman–Crippen MR) is 83.7 cm³/mol. The van der Waals surface area contributed by atoms with Crippen LogP contribution in [0.1, 0.15) is 44.7 Å². The molecule has 3 atom stereocenters. The van der Waals surface area contributed by atoms with Crippen LogP contribution in [-0.4, -0.2) is 18.6 Å². The minimum atomic E-state index is 0.288. The van der Waals surface area contributed by atoms with E-state index in [4.69, 9.17) is 5.73 Å². The van der Waals surface area contributed by atoms with Crippen molar-refractivity contribution in [1.82, 2.24) is 0 Å². The molecule has 2 nitrogen and oxygen atoms in total. The summed E-state index contributed by atoms with van der Waals surface area (Å²) in [5.41, 5.74) is 10.2. The summed E-state index contributed by atoms with van der Waals surface area (Å²) in [6.07, 6.45) is 3.34. The lowest BCUT2D eigenvalue weighted by Gasteiger charge is -2.26. The summed E-state index contributed by atoms with van der Waals surface area (Å²) in [6.45, 7) is 10.3. The SMILES string of the molecule is CCC(N)Cc1ccc(N2CC(C)CC2C)c(C)c1. The second-order valence-electron chi connectivity index (χ2n) is 6.34. The van der Waals surface area contributed by atoms with Gasteiger partial charge in [-0.2, -0.15) is 0 Å². The van der Waals surface area contributed by atoms with E-state index in [0.717, 1.165) is 18.8 Å². The van der Waals surface area contributed by atoms with E-state index >= 15 is 0 Å². The van der Waals surface area contributed by atoms with Crippen molar-refractivity contribution in [3.8, 4) is 0 Å². The molecular weight excluding hydrogens is 232 g/mol. The van der Waals surface area contributed by atoms with Gasteiger partial charge < -0.3 is 10.6 Å². The second kappa shape index (κ2) is 5.96. The maximum Gasteiger partial charge on any atom is 0.0398 e. The van der Waals surface area contributed by atoms with Crippen LogP contribution in [0.3, 0.4) is 0 Å². The van der Waals surface area contributed by atoms with E-state index in [1.165, 1.54) is 29.8 Å². The lowest BCUT2D eigenvalue weighted by Crippen LogP contribution is -2.27. The molecule has 1 heterocycles. The summed E-state index contributed by atoms with van der Waals surface area (Å²) in [5.74, 6) is 0.808. The van der Waals surface area contributed by atoms with Crippen LogP contribution in [0.2, 0.25) is 0 Å². The van der Waals surface area contributed by atoms with Gasteiger partial charge in [0, 0.05) is 24.3 Å². The molecule has 2 heteroatoms. The molecule has 19 heavy (non-hydrogen) atoms. The molecule has 0 amide bonds. The molecule has 1 aromatic rings. The van der Waals surface area contributed by atoms with Crippen LogP contribution in [0, 0.1) is 12.8 Å². The average Bonchev–Trinajstić information content (AvgIpc) is 2.68. The van der Waals surface area contributed by atoms with Crippen LogP contribution in [0.25, 0.3) is 0 Å². The molecule has 1 aliphatic heterocycles. The third kappa shape index (κ3) is 3.30. The number of anilines is 1. The Morgan fingerprint density at radius 3 is 2.63 bits per heavy atom. The molecule has 0 spiro atoms. The van der Waals surface area contributed by atoms with E-state index in [0.29, 0.717) is 6.04 Å². The van der Waals surface area contributed by atoms with Crippen LogP contribution in [0.4, 0.5) is 5.69 Å². The standard InChI is InChI=1S/C17H28N2/c1-5-16(18)10-15-6-7-17(13(3)9-15)19-11-12(2)8-14(19)4/h6-7,9,12,14,16H,5,8,10-11,18H2,1-4H3. The Balaban J connectivity index is 2.15. The number of benzene rings is 1. The normalized spacial score (nSPS) is 24.8. The fraction of sp³-hybridized carbons (Fsp3) is 0.647. The van der Waals surface area contributed by atoms with Crippen molar-refractivity contribution in [3.63, 3.8) is 0 Å². The number of aryl methyl sites for hydroxylation is 1. The Kier molecular flexibility index (Phi) is 4.51. The number of nitrogens with two attached hydrogens (primary N) is 1. The first-order valence-electron chi connectivity index (χ1n) is 7.63. The molecular formula is C17H28N2. The molecule has 1 aliphatic rings. The fourth-order valence-corrected chi connectivity index (χ4v) is 3.25. The Morgan fingerprint density at radius 1 is 1.37 bits per heavy atom. The van der Waals surface area contributed by atoms with Gasteiger partial charge in [-0.3, -0.25) is 0 Å². The van der Waals surface area contributed by atoms with Crippen molar-refractivity contribution < 1.29 is 0 Å². The van der Waals surface area contributed by atoms with Crippen LogP contribution >= 0.6 is 0 Å². The lowest BCUT2D eigenvalue weighted by molar-refractivity contribution is 0.625. The molecule has 0 bridgehead atoms. The maximum absolute atomic E-state index is 6.05. The first-order valence-corrected chi connectivity index (χ1v) is 7.63. The van der Waals surface area contributed by atoms with Crippen molar-refractivity contribution in [1.29, 1.82) is 0 Å². The zero-order valence-electron chi connectivity index (χ0n) is 12.8. The lowest BCUT2D eigenvalue weighted by atomic mass is 10.0. The minimum Gasteiger partial charge on any atom is -0.368 e. The molecule has 1 aromatic carbocycles. The van der Waals surface area contributed by atoms with E-state index in [-0.39, 0.29) is 6.04 Å². The van der Waals surface area contributed by atoms with Gasteiger partial charge in [0.1, 0.15) is 0 Å². The minimum absolute atomic E-state index is 0.288. The van der Waals surface area contributed by atoms with Gasteiger partial charge in [-0.25, -0.2) is 0 Å². The van der Waals surface area contributed by atoms with Crippen molar-refractivity contribution in [2.75, 3.05) is 11.4 Å². The molecule has 106 valence electrons. The quantitative estimate of drug-likeness (QED) is 0.897. The summed E-state index contributed by atoms with van der Waals surface area (Å²) < 4.78 is 0. The highest BCUT2D eigenvalue weighted by atomic mass is 15.2. The van der Waals surface area contributed by atoms with Crippen molar-refractivity contribution >= 4 is 5.69 Å². The highest BCUT2D eigenvalue weighted by Crippen LogP contribution is 2.31. The highest BCUT2D eigenvalue weighted by Gasteiger charge is 2.26. The first-order chi connectivity index (χ1) is 9.01. The number of hydrogen-bond acceptors (Lipinski definition) is 2. The zero-order valence-corrected chi connectivity index (χ0v) is 12.8. The number of hydrogen-bond donors (Lipinski definition) is 1. The predicted octanol–water partition coefficient (Wildman–Crippen LogP) is 3.51. The molecule has 2 rings (SSSR count). The fourth-order valence-electron chi connectivity index (χ4n) is 3.25. The molecule has 0 aliphatic carbocycles. The van der Waals surface area contributed by atoms with E-state index in [1.807, 2.05) is 0 Å². The Hall–Kier alpha value is -1.02. The topological polar surface area (TPSA) is 29.3 Å². The Bertz CT molecular complexity index is 427. The number of rotatable bonds is 4. The third-order valence-electron chi connectivity index (χ3n) is 4.38. The summed E-state index contributed by atoms with van der Waals surface area (Å²) in [4.78, 5) is 2.56. The molecule has 3 unspecified atom stereocenters. The second-order valence-corrected chi connectivity index (χ2v) is 6.34. The average molecular weight is 260 g/mol. The van der Waals surface area contributed by atoms with Gasteiger partial charge in [-0.15, -0.1) is 0 Å². The van der Waals surface area contributed by atoms with Gasteiger partial charge in [0.25, 0.3) is 0 Å². The van der Waals surface area contributed by atoms with Crippen LogP contribution in [0.5, 0.6) is 0 Å². The van der Waals surface area contributed by atoms with Gasteiger partial charge in [0.2, 0.25) is 0 Å². The van der Waals surface area contributed by atoms with Gasteiger partial charge in [0.05, 0.1) is 0 Å². The number of nitrogens with zero attached hydrogens (tertiary/aromatic N) is 1. The van der Waals surface area contributed by atoms with Gasteiger partial charge in [0.15, 0.2) is 0 Å². The van der Waals surface area contributed by atoms with Crippen molar-refractivity contribution in [2.45, 2.75) is 59.0 Å². The molecule has 0 saturated carbocycles. The third-order valence-corrected chi connectivity index (χ3v) is 4.38. The Labute approximate surface area is 118 Å². The Morgan fingerprint density at radius 2 is 2.11 bits per heavy atom. The monoisotopic (exact) mass is 260 g/mol. The first kappa shape index (κ1) is 14.4. The highest BCUT2D eigenvalue weighted by molar-refractivity contribution is 5.56. The van der Waals surface area contributed by atoms with E-state index in [1.54, 1.807) is 0 Å². The van der Waals surface area contributed by atoms with E-state index < -0.39 is 0 Å². The molecule has 0 aromatic heterocycles. The molecule has 2 N–H and O–H groups in total. The summed E-state index contributed by atoms with van der Waals surface area (Å²) in [5, 5.41) is 0. The van der Waals surface area contributed by atoms with E-state index in [2.05, 4.69) is 50.8 Å². The van der Waals surface area contributed by atoms with Crippen LogP contribution in [0.15, 0.2) is 18.2 Å². The van der Waals surface area contributed by atoms with Gasteiger partial charge in [-0.05, 0) is 56.2 Å². The smallest absolute Gasteiger partial charge is 0.0398 e. The summed E-state index contributed by atoms with van der Waals surface area (Å²) in [6, 6.07) is 7.82. The molecule has 0 radical (unpaired) electrons. The van der Waals surface area contributed by atoms with Crippen molar-refractivity contribution in [2.24, 2.45) is 11.7 Å².